The maximum absolute atomic E-state index is 13.3. The summed E-state index contributed by atoms with van der Waals surface area (Å²) < 4.78 is 1.92. The van der Waals surface area contributed by atoms with Crippen LogP contribution in [-0.4, -0.2) is 36.9 Å². The summed E-state index contributed by atoms with van der Waals surface area (Å²) in [6, 6.07) is 3.90. The number of aromatic nitrogens is 4. The van der Waals surface area contributed by atoms with Gasteiger partial charge in [-0.2, -0.15) is 5.10 Å². The van der Waals surface area contributed by atoms with Crippen molar-refractivity contribution in [2.24, 2.45) is 0 Å². The molecule has 25 heavy (non-hydrogen) atoms. The SMILES string of the molecule is Cc1n[nH]c(C)c1C1CCCCCN1C(=O)c1ccn2cncc2c1. The van der Waals surface area contributed by atoms with Crippen LogP contribution in [0.25, 0.3) is 5.52 Å². The molecule has 1 fully saturated rings. The van der Waals surface area contributed by atoms with Gasteiger partial charge in [-0.05, 0) is 38.8 Å². The smallest absolute Gasteiger partial charge is 0.254 e. The Bertz CT molecular complexity index is 890. The molecular weight excluding hydrogens is 314 g/mol. The number of fused-ring (bicyclic) bond motifs is 1. The van der Waals surface area contributed by atoms with Gasteiger partial charge in [0, 0.05) is 29.6 Å². The lowest BCUT2D eigenvalue weighted by atomic mass is 9.98. The van der Waals surface area contributed by atoms with Gasteiger partial charge in [0.2, 0.25) is 0 Å². The van der Waals surface area contributed by atoms with Gasteiger partial charge in [-0.25, -0.2) is 4.98 Å². The number of aryl methyl sites for hydroxylation is 2. The number of hydrogen-bond acceptors (Lipinski definition) is 3. The second kappa shape index (κ2) is 6.35. The van der Waals surface area contributed by atoms with Crippen LogP contribution < -0.4 is 0 Å². The van der Waals surface area contributed by atoms with Crippen LogP contribution in [0, 0.1) is 13.8 Å². The minimum atomic E-state index is 0.0925. The van der Waals surface area contributed by atoms with Crippen LogP contribution >= 0.6 is 0 Å². The van der Waals surface area contributed by atoms with Crippen molar-refractivity contribution >= 4 is 11.4 Å². The van der Waals surface area contributed by atoms with E-state index in [1.165, 1.54) is 5.56 Å². The number of imidazole rings is 1. The Balaban J connectivity index is 1.72. The van der Waals surface area contributed by atoms with Crippen LogP contribution in [0.3, 0.4) is 0 Å². The number of nitrogens with one attached hydrogen (secondary N) is 1. The van der Waals surface area contributed by atoms with E-state index in [1.54, 1.807) is 12.5 Å². The highest BCUT2D eigenvalue weighted by atomic mass is 16.2. The summed E-state index contributed by atoms with van der Waals surface area (Å²) in [5.74, 6) is 0.0931. The Hall–Kier alpha value is -2.63. The van der Waals surface area contributed by atoms with E-state index in [9.17, 15) is 4.79 Å². The molecular formula is C19H23N5O. The largest absolute Gasteiger partial charge is 0.331 e. The standard InChI is InChI=1S/C19H23N5O/c1-13-18(14(2)22-21-13)17-6-4-3-5-8-24(17)19(25)15-7-9-23-12-20-11-16(23)10-15/h7,9-12,17H,3-6,8H2,1-2H3,(H,21,22). The zero-order valence-corrected chi connectivity index (χ0v) is 14.7. The molecule has 3 aromatic rings. The third-order valence-electron chi connectivity index (χ3n) is 5.19. The lowest BCUT2D eigenvalue weighted by Crippen LogP contribution is -2.35. The number of nitrogens with zero attached hydrogens (tertiary/aromatic N) is 4. The van der Waals surface area contributed by atoms with Crippen molar-refractivity contribution in [2.75, 3.05) is 6.54 Å². The van der Waals surface area contributed by atoms with Crippen molar-refractivity contribution in [1.82, 2.24) is 24.5 Å². The molecule has 3 aromatic heterocycles. The van der Waals surface area contributed by atoms with Crippen LogP contribution in [-0.2, 0) is 0 Å². The summed E-state index contributed by atoms with van der Waals surface area (Å²) in [7, 11) is 0. The monoisotopic (exact) mass is 337 g/mol. The van der Waals surface area contributed by atoms with E-state index in [0.717, 1.165) is 54.7 Å². The quantitative estimate of drug-likeness (QED) is 0.779. The lowest BCUT2D eigenvalue weighted by Gasteiger charge is -2.30. The lowest BCUT2D eigenvalue weighted by molar-refractivity contribution is 0.0680. The Morgan fingerprint density at radius 1 is 1.28 bits per heavy atom. The molecule has 6 heteroatoms. The van der Waals surface area contributed by atoms with Gasteiger partial charge in [-0.3, -0.25) is 9.89 Å². The molecule has 1 aliphatic rings. The first kappa shape index (κ1) is 15.9. The van der Waals surface area contributed by atoms with Gasteiger partial charge in [-0.1, -0.05) is 12.8 Å². The van der Waals surface area contributed by atoms with E-state index >= 15 is 0 Å². The highest BCUT2D eigenvalue weighted by Crippen LogP contribution is 2.34. The van der Waals surface area contributed by atoms with Gasteiger partial charge in [0.05, 0.1) is 29.8 Å². The molecule has 1 saturated heterocycles. The molecule has 0 saturated carbocycles. The molecule has 1 atom stereocenters. The molecule has 0 aliphatic carbocycles. The van der Waals surface area contributed by atoms with Gasteiger partial charge in [0.1, 0.15) is 0 Å². The molecule has 1 N–H and O–H groups in total. The molecule has 4 heterocycles. The number of amides is 1. The molecule has 0 bridgehead atoms. The Labute approximate surface area is 146 Å². The highest BCUT2D eigenvalue weighted by molar-refractivity contribution is 5.95. The van der Waals surface area contributed by atoms with Crippen molar-refractivity contribution < 1.29 is 4.79 Å². The second-order valence-corrected chi connectivity index (χ2v) is 6.85. The number of rotatable bonds is 2. The van der Waals surface area contributed by atoms with E-state index in [4.69, 9.17) is 0 Å². The zero-order valence-electron chi connectivity index (χ0n) is 14.7. The summed E-state index contributed by atoms with van der Waals surface area (Å²) in [6.45, 7) is 4.85. The predicted molar refractivity (Wildman–Crippen MR) is 95.5 cm³/mol. The van der Waals surface area contributed by atoms with E-state index in [-0.39, 0.29) is 11.9 Å². The van der Waals surface area contributed by atoms with Crippen LogP contribution in [0.1, 0.15) is 59.0 Å². The van der Waals surface area contributed by atoms with Crippen LogP contribution in [0.15, 0.2) is 30.9 Å². The average molecular weight is 337 g/mol. The molecule has 0 aromatic carbocycles. The Morgan fingerprint density at radius 3 is 2.96 bits per heavy atom. The van der Waals surface area contributed by atoms with Crippen molar-refractivity contribution in [3.63, 3.8) is 0 Å². The fourth-order valence-electron chi connectivity index (χ4n) is 3.92. The van der Waals surface area contributed by atoms with Gasteiger partial charge >= 0.3 is 0 Å². The van der Waals surface area contributed by atoms with Crippen molar-refractivity contribution in [3.8, 4) is 0 Å². The minimum Gasteiger partial charge on any atom is -0.331 e. The van der Waals surface area contributed by atoms with E-state index < -0.39 is 0 Å². The van der Waals surface area contributed by atoms with Gasteiger partial charge in [-0.15, -0.1) is 0 Å². The Kier molecular flexibility index (Phi) is 4.03. The van der Waals surface area contributed by atoms with Crippen molar-refractivity contribution in [2.45, 2.75) is 45.6 Å². The number of carbonyl (C=O) groups excluding carboxylic acids is 1. The molecule has 4 rings (SSSR count). The molecule has 0 spiro atoms. The normalized spacial score (nSPS) is 18.5. The molecule has 1 aliphatic heterocycles. The van der Waals surface area contributed by atoms with Crippen LogP contribution in [0.2, 0.25) is 0 Å². The average Bonchev–Trinajstić information content (AvgIpc) is 3.13. The first-order valence-electron chi connectivity index (χ1n) is 8.89. The summed E-state index contributed by atoms with van der Waals surface area (Å²) in [6.07, 6.45) is 9.77. The summed E-state index contributed by atoms with van der Waals surface area (Å²) in [5.41, 5.74) is 4.90. The van der Waals surface area contributed by atoms with Crippen LogP contribution in [0.5, 0.6) is 0 Å². The van der Waals surface area contributed by atoms with Gasteiger partial charge < -0.3 is 9.30 Å². The van der Waals surface area contributed by atoms with Gasteiger partial charge in [0.25, 0.3) is 5.91 Å². The molecule has 130 valence electrons. The maximum atomic E-state index is 13.3. The number of likely N-dealkylation sites (tertiary alicyclic amines) is 1. The van der Waals surface area contributed by atoms with Crippen molar-refractivity contribution in [3.05, 3.63) is 53.4 Å². The maximum Gasteiger partial charge on any atom is 0.254 e. The van der Waals surface area contributed by atoms with Gasteiger partial charge in [0.15, 0.2) is 0 Å². The van der Waals surface area contributed by atoms with E-state index in [0.29, 0.717) is 0 Å². The number of aromatic amines is 1. The first-order chi connectivity index (χ1) is 12.1. The third-order valence-corrected chi connectivity index (χ3v) is 5.19. The second-order valence-electron chi connectivity index (χ2n) is 6.85. The molecule has 6 nitrogen and oxygen atoms in total. The number of carbonyl (C=O) groups is 1. The fourth-order valence-corrected chi connectivity index (χ4v) is 3.92. The topological polar surface area (TPSA) is 66.3 Å². The first-order valence-corrected chi connectivity index (χ1v) is 8.89. The number of H-pyrrole nitrogens is 1. The predicted octanol–water partition coefficient (Wildman–Crippen LogP) is 3.43. The molecule has 0 radical (unpaired) electrons. The Morgan fingerprint density at radius 2 is 2.16 bits per heavy atom. The minimum absolute atomic E-state index is 0.0925. The zero-order chi connectivity index (χ0) is 17.4. The summed E-state index contributed by atoms with van der Waals surface area (Å²) >= 11 is 0. The fraction of sp³-hybridized carbons (Fsp3) is 0.421. The third kappa shape index (κ3) is 2.81. The summed E-state index contributed by atoms with van der Waals surface area (Å²) in [4.78, 5) is 19.5. The van der Waals surface area contributed by atoms with Crippen molar-refractivity contribution in [1.29, 1.82) is 0 Å². The van der Waals surface area contributed by atoms with E-state index in [1.807, 2.05) is 41.5 Å². The van der Waals surface area contributed by atoms with E-state index in [2.05, 4.69) is 15.2 Å². The number of hydrogen-bond donors (Lipinski definition) is 1. The summed E-state index contributed by atoms with van der Waals surface area (Å²) in [5, 5.41) is 7.42. The highest BCUT2D eigenvalue weighted by Gasteiger charge is 2.30. The van der Waals surface area contributed by atoms with Crippen LogP contribution in [0.4, 0.5) is 0 Å². The molecule has 1 unspecified atom stereocenters. The molecule has 1 amide bonds. The number of pyridine rings is 1.